The van der Waals surface area contributed by atoms with Crippen LogP contribution >= 0.6 is 0 Å². The van der Waals surface area contributed by atoms with E-state index in [9.17, 15) is 9.59 Å². The number of aryl methyl sites for hydroxylation is 1. The molecule has 0 spiro atoms. The van der Waals surface area contributed by atoms with Crippen molar-refractivity contribution in [3.05, 3.63) is 52.3 Å². The van der Waals surface area contributed by atoms with Gasteiger partial charge >= 0.3 is 5.97 Å². The smallest absolute Gasteiger partial charge is 0.337 e. The van der Waals surface area contributed by atoms with Crippen molar-refractivity contribution < 1.29 is 14.3 Å². The van der Waals surface area contributed by atoms with E-state index in [-0.39, 0.29) is 11.9 Å². The van der Waals surface area contributed by atoms with Crippen molar-refractivity contribution in [2.75, 3.05) is 7.11 Å². The van der Waals surface area contributed by atoms with Crippen molar-refractivity contribution in [3.8, 4) is 0 Å². The zero-order valence-electron chi connectivity index (χ0n) is 16.1. The number of esters is 1. The molecule has 0 unspecified atom stereocenters. The summed E-state index contributed by atoms with van der Waals surface area (Å²) in [5, 5.41) is 7.47. The van der Waals surface area contributed by atoms with Gasteiger partial charge in [-0.3, -0.25) is 9.48 Å². The number of carbonyl (C=O) groups excluding carboxylic acids is 2. The molecule has 0 radical (unpaired) electrons. The maximum Gasteiger partial charge on any atom is 0.337 e. The van der Waals surface area contributed by atoms with Gasteiger partial charge in [0.15, 0.2) is 0 Å². The number of ether oxygens (including phenoxy) is 1. The molecule has 1 amide bonds. The minimum absolute atomic E-state index is 0.0441. The van der Waals surface area contributed by atoms with E-state index in [4.69, 9.17) is 0 Å². The van der Waals surface area contributed by atoms with Gasteiger partial charge < -0.3 is 10.1 Å². The fourth-order valence-electron chi connectivity index (χ4n) is 2.81. The number of hydrogen-bond acceptors (Lipinski definition) is 4. The summed E-state index contributed by atoms with van der Waals surface area (Å²) in [5.74, 6) is 0.0879. The van der Waals surface area contributed by atoms with Gasteiger partial charge in [0.05, 0.1) is 24.8 Å². The van der Waals surface area contributed by atoms with Crippen LogP contribution in [0.3, 0.4) is 0 Å². The first-order chi connectivity index (χ1) is 12.3. The first-order valence-electron chi connectivity index (χ1n) is 8.78. The van der Waals surface area contributed by atoms with Crippen LogP contribution in [-0.2, 0) is 29.0 Å². The Bertz CT molecular complexity index is 776. The molecule has 0 aliphatic carbocycles. The van der Waals surface area contributed by atoms with Crippen LogP contribution in [0.5, 0.6) is 0 Å². The van der Waals surface area contributed by atoms with E-state index < -0.39 is 0 Å². The molecule has 0 saturated carbocycles. The topological polar surface area (TPSA) is 73.2 Å². The fourth-order valence-corrected chi connectivity index (χ4v) is 2.81. The number of aromatic nitrogens is 2. The second kappa shape index (κ2) is 8.65. The van der Waals surface area contributed by atoms with Gasteiger partial charge in [-0.1, -0.05) is 26.0 Å². The molecule has 1 aromatic carbocycles. The van der Waals surface area contributed by atoms with Gasteiger partial charge in [0.1, 0.15) is 0 Å². The van der Waals surface area contributed by atoms with Crippen LogP contribution in [0.15, 0.2) is 24.3 Å². The Balaban J connectivity index is 1.95. The Labute approximate surface area is 154 Å². The minimum atomic E-state index is -0.370. The number of amides is 1. The second-order valence-corrected chi connectivity index (χ2v) is 6.87. The Morgan fingerprint density at radius 3 is 2.42 bits per heavy atom. The second-order valence-electron chi connectivity index (χ2n) is 6.87. The molecule has 0 fully saturated rings. The summed E-state index contributed by atoms with van der Waals surface area (Å²) in [5.41, 5.74) is 4.36. The number of benzene rings is 1. The Morgan fingerprint density at radius 1 is 1.19 bits per heavy atom. The molecular weight excluding hydrogens is 330 g/mol. The number of carbonyl (C=O) groups is 2. The zero-order chi connectivity index (χ0) is 19.3. The number of nitrogens with zero attached hydrogens (tertiary/aromatic N) is 2. The standard InChI is InChI=1S/C20H27N3O3/c1-13(2)12-23-15(4)18(14(3)22-23)10-19(24)21-11-16-6-8-17(9-7-16)20(25)26-5/h6-9,13H,10-12H2,1-5H3,(H,21,24). The molecule has 0 saturated heterocycles. The predicted octanol–water partition coefficient (Wildman–Crippen LogP) is 2.80. The number of nitrogens with one attached hydrogen (secondary N) is 1. The minimum Gasteiger partial charge on any atom is -0.465 e. The summed E-state index contributed by atoms with van der Waals surface area (Å²) in [6, 6.07) is 7.00. The molecule has 0 aliphatic rings. The summed E-state index contributed by atoms with van der Waals surface area (Å²) < 4.78 is 6.65. The maximum absolute atomic E-state index is 12.3. The zero-order valence-corrected chi connectivity index (χ0v) is 16.1. The molecular formula is C20H27N3O3. The van der Waals surface area contributed by atoms with E-state index in [1.165, 1.54) is 7.11 Å². The van der Waals surface area contributed by atoms with Gasteiger partial charge in [-0.2, -0.15) is 5.10 Å². The average molecular weight is 357 g/mol. The molecule has 140 valence electrons. The molecule has 26 heavy (non-hydrogen) atoms. The monoisotopic (exact) mass is 357 g/mol. The third kappa shape index (κ3) is 4.94. The van der Waals surface area contributed by atoms with Crippen LogP contribution in [0.25, 0.3) is 0 Å². The van der Waals surface area contributed by atoms with E-state index in [0.717, 1.165) is 29.1 Å². The van der Waals surface area contributed by atoms with E-state index >= 15 is 0 Å². The van der Waals surface area contributed by atoms with Gasteiger partial charge in [-0.05, 0) is 37.5 Å². The van der Waals surface area contributed by atoms with Crippen LogP contribution < -0.4 is 5.32 Å². The summed E-state index contributed by atoms with van der Waals surface area (Å²) in [4.78, 5) is 23.7. The highest BCUT2D eigenvalue weighted by Gasteiger charge is 2.15. The molecule has 0 aliphatic heterocycles. The lowest BCUT2D eigenvalue weighted by Crippen LogP contribution is -2.25. The Kier molecular flexibility index (Phi) is 6.55. The third-order valence-electron chi connectivity index (χ3n) is 4.27. The van der Waals surface area contributed by atoms with E-state index in [0.29, 0.717) is 24.4 Å². The van der Waals surface area contributed by atoms with Crippen LogP contribution in [0, 0.1) is 19.8 Å². The maximum atomic E-state index is 12.3. The largest absolute Gasteiger partial charge is 0.465 e. The number of methoxy groups -OCH3 is 1. The fraction of sp³-hybridized carbons (Fsp3) is 0.450. The summed E-state index contributed by atoms with van der Waals surface area (Å²) in [6.07, 6.45) is 0.315. The van der Waals surface area contributed by atoms with Crippen molar-refractivity contribution in [1.82, 2.24) is 15.1 Å². The van der Waals surface area contributed by atoms with Crippen molar-refractivity contribution in [1.29, 1.82) is 0 Å². The van der Waals surface area contributed by atoms with Crippen LogP contribution in [0.1, 0.15) is 46.7 Å². The molecule has 2 aromatic rings. The molecule has 0 atom stereocenters. The lowest BCUT2D eigenvalue weighted by atomic mass is 10.1. The summed E-state index contributed by atoms with van der Waals surface area (Å²) in [6.45, 7) is 9.51. The van der Waals surface area contributed by atoms with Gasteiger partial charge in [-0.15, -0.1) is 0 Å². The van der Waals surface area contributed by atoms with Crippen molar-refractivity contribution in [2.45, 2.75) is 47.2 Å². The number of hydrogen-bond donors (Lipinski definition) is 1. The van der Waals surface area contributed by atoms with Crippen molar-refractivity contribution in [3.63, 3.8) is 0 Å². The quantitative estimate of drug-likeness (QED) is 0.774. The molecule has 6 nitrogen and oxygen atoms in total. The normalized spacial score (nSPS) is 10.8. The summed E-state index contributed by atoms with van der Waals surface area (Å²) in [7, 11) is 1.35. The van der Waals surface area contributed by atoms with Gasteiger partial charge in [-0.25, -0.2) is 4.79 Å². The summed E-state index contributed by atoms with van der Waals surface area (Å²) >= 11 is 0. The van der Waals surface area contributed by atoms with E-state index in [1.54, 1.807) is 12.1 Å². The molecule has 1 aromatic heterocycles. The van der Waals surface area contributed by atoms with E-state index in [2.05, 4.69) is 29.0 Å². The highest BCUT2D eigenvalue weighted by molar-refractivity contribution is 5.89. The SMILES string of the molecule is COC(=O)c1ccc(CNC(=O)Cc2c(C)nn(CC(C)C)c2C)cc1. The number of rotatable bonds is 7. The van der Waals surface area contributed by atoms with Gasteiger partial charge in [0, 0.05) is 24.3 Å². The lowest BCUT2D eigenvalue weighted by Gasteiger charge is -2.09. The van der Waals surface area contributed by atoms with Gasteiger partial charge in [0.2, 0.25) is 5.91 Å². The molecule has 1 heterocycles. The van der Waals surface area contributed by atoms with Crippen LogP contribution in [0.4, 0.5) is 0 Å². The highest BCUT2D eigenvalue weighted by atomic mass is 16.5. The Morgan fingerprint density at radius 2 is 1.85 bits per heavy atom. The molecule has 1 N–H and O–H groups in total. The molecule has 2 rings (SSSR count). The first kappa shape index (κ1) is 19.7. The average Bonchev–Trinajstić information content (AvgIpc) is 2.86. The van der Waals surface area contributed by atoms with Gasteiger partial charge in [0.25, 0.3) is 0 Å². The van der Waals surface area contributed by atoms with Crippen molar-refractivity contribution in [2.24, 2.45) is 5.92 Å². The highest BCUT2D eigenvalue weighted by Crippen LogP contribution is 2.15. The van der Waals surface area contributed by atoms with Crippen LogP contribution in [0.2, 0.25) is 0 Å². The van der Waals surface area contributed by atoms with Crippen molar-refractivity contribution >= 4 is 11.9 Å². The predicted molar refractivity (Wildman–Crippen MR) is 99.9 cm³/mol. The molecule has 6 heteroatoms. The first-order valence-corrected chi connectivity index (χ1v) is 8.78. The lowest BCUT2D eigenvalue weighted by molar-refractivity contribution is -0.120. The molecule has 0 bridgehead atoms. The third-order valence-corrected chi connectivity index (χ3v) is 4.27. The van der Waals surface area contributed by atoms with E-state index in [1.807, 2.05) is 30.7 Å². The van der Waals surface area contributed by atoms with Crippen LogP contribution in [-0.4, -0.2) is 28.8 Å². The Hall–Kier alpha value is -2.63.